The molecule has 3 atom stereocenters. The summed E-state index contributed by atoms with van der Waals surface area (Å²) in [4.78, 5) is 4.96. The predicted octanol–water partition coefficient (Wildman–Crippen LogP) is 0.373. The minimum atomic E-state index is -0.0224. The first kappa shape index (κ1) is 14.3. The Kier molecular flexibility index (Phi) is 4.64. The largest absolute Gasteiger partial charge is 0.394 e. The predicted molar refractivity (Wildman–Crippen MR) is 74.7 cm³/mol. The zero-order valence-corrected chi connectivity index (χ0v) is 12.2. The molecule has 1 saturated carbocycles. The Morgan fingerprint density at radius 2 is 2.22 bits per heavy atom. The average Bonchev–Trinajstić information content (AvgIpc) is 2.96. The third kappa shape index (κ3) is 3.05. The topological polar surface area (TPSA) is 38.7 Å². The quantitative estimate of drug-likeness (QED) is 0.745. The molecule has 2 fully saturated rings. The highest BCUT2D eigenvalue weighted by molar-refractivity contribution is 4.98. The molecule has 0 bridgehead atoms. The third-order valence-electron chi connectivity index (χ3n) is 5.07. The van der Waals surface area contributed by atoms with Crippen molar-refractivity contribution >= 4 is 0 Å². The summed E-state index contributed by atoms with van der Waals surface area (Å²) in [5, 5.41) is 12.9. The molecule has 2 rings (SSSR count). The fourth-order valence-corrected chi connectivity index (χ4v) is 3.66. The number of nitrogens with zero attached hydrogens (tertiary/aromatic N) is 2. The van der Waals surface area contributed by atoms with Gasteiger partial charge in [0.05, 0.1) is 6.61 Å². The maximum atomic E-state index is 9.55. The Bertz CT molecular complexity index is 268. The smallest absolute Gasteiger partial charge is 0.0613 e. The first-order valence-electron chi connectivity index (χ1n) is 7.27. The summed E-state index contributed by atoms with van der Waals surface area (Å²) in [6.07, 6.45) is 4.73. The van der Waals surface area contributed by atoms with Crippen LogP contribution in [0.3, 0.4) is 0 Å². The van der Waals surface area contributed by atoms with Crippen LogP contribution in [0, 0.1) is 5.92 Å². The van der Waals surface area contributed by atoms with Crippen molar-refractivity contribution in [1.82, 2.24) is 15.1 Å². The minimum Gasteiger partial charge on any atom is -0.394 e. The van der Waals surface area contributed by atoms with E-state index in [-0.39, 0.29) is 12.1 Å². The fraction of sp³-hybridized carbons (Fsp3) is 1.00. The summed E-state index contributed by atoms with van der Waals surface area (Å²) in [6, 6.07) is 0.635. The summed E-state index contributed by atoms with van der Waals surface area (Å²) < 4.78 is 0. The number of aliphatic hydroxyl groups excluding tert-OH is 1. The second-order valence-corrected chi connectivity index (χ2v) is 6.44. The molecule has 1 saturated heterocycles. The van der Waals surface area contributed by atoms with Crippen LogP contribution in [-0.4, -0.2) is 73.9 Å². The van der Waals surface area contributed by atoms with E-state index in [0.29, 0.717) is 6.04 Å². The summed E-state index contributed by atoms with van der Waals surface area (Å²) >= 11 is 0. The maximum absolute atomic E-state index is 9.55. The van der Waals surface area contributed by atoms with Gasteiger partial charge in [-0.1, -0.05) is 0 Å². The molecular formula is C14H29N3O. The standard InChI is InChI=1S/C14H29N3O/c1-15-14(11-18)6-4-13(8-14)17(3)10-12-5-7-16(2)9-12/h12-13,15,18H,4-11H2,1-3H3. The lowest BCUT2D eigenvalue weighted by atomic mass is 9.98. The summed E-state index contributed by atoms with van der Waals surface area (Å²) in [5.41, 5.74) is -0.0224. The van der Waals surface area contributed by atoms with E-state index in [1.54, 1.807) is 0 Å². The highest BCUT2D eigenvalue weighted by atomic mass is 16.3. The Labute approximate surface area is 111 Å². The molecule has 1 aliphatic heterocycles. The van der Waals surface area contributed by atoms with E-state index < -0.39 is 0 Å². The van der Waals surface area contributed by atoms with Gasteiger partial charge >= 0.3 is 0 Å². The van der Waals surface area contributed by atoms with Crippen molar-refractivity contribution in [2.75, 3.05) is 47.4 Å². The Morgan fingerprint density at radius 3 is 2.72 bits per heavy atom. The first-order valence-corrected chi connectivity index (χ1v) is 7.27. The van der Waals surface area contributed by atoms with Crippen LogP contribution in [0.5, 0.6) is 0 Å². The van der Waals surface area contributed by atoms with Crippen LogP contribution in [0.15, 0.2) is 0 Å². The van der Waals surface area contributed by atoms with Crippen molar-refractivity contribution < 1.29 is 5.11 Å². The number of hydrogen-bond donors (Lipinski definition) is 2. The van der Waals surface area contributed by atoms with Crippen molar-refractivity contribution in [1.29, 1.82) is 0 Å². The number of rotatable bonds is 5. The van der Waals surface area contributed by atoms with Crippen molar-refractivity contribution in [3.63, 3.8) is 0 Å². The van der Waals surface area contributed by atoms with Gasteiger partial charge in [-0.3, -0.25) is 0 Å². The molecule has 18 heavy (non-hydrogen) atoms. The maximum Gasteiger partial charge on any atom is 0.0613 e. The first-order chi connectivity index (χ1) is 8.58. The number of aliphatic hydroxyl groups is 1. The Morgan fingerprint density at radius 1 is 1.44 bits per heavy atom. The fourth-order valence-electron chi connectivity index (χ4n) is 3.66. The lowest BCUT2D eigenvalue weighted by Gasteiger charge is -2.30. The van der Waals surface area contributed by atoms with Crippen molar-refractivity contribution in [3.8, 4) is 0 Å². The van der Waals surface area contributed by atoms with Gasteiger partial charge in [-0.15, -0.1) is 0 Å². The molecule has 0 amide bonds. The van der Waals surface area contributed by atoms with E-state index in [4.69, 9.17) is 0 Å². The molecule has 0 spiro atoms. The number of nitrogens with one attached hydrogen (secondary N) is 1. The van der Waals surface area contributed by atoms with E-state index in [1.807, 2.05) is 7.05 Å². The molecule has 0 aromatic carbocycles. The molecule has 106 valence electrons. The van der Waals surface area contributed by atoms with E-state index in [1.165, 1.54) is 32.5 Å². The van der Waals surface area contributed by atoms with E-state index >= 15 is 0 Å². The van der Waals surface area contributed by atoms with Gasteiger partial charge in [-0.2, -0.15) is 0 Å². The molecule has 3 unspecified atom stereocenters. The zero-order chi connectivity index (χ0) is 13.2. The van der Waals surface area contributed by atoms with Crippen LogP contribution in [0.4, 0.5) is 0 Å². The van der Waals surface area contributed by atoms with Gasteiger partial charge in [-0.25, -0.2) is 0 Å². The van der Waals surface area contributed by atoms with Crippen molar-refractivity contribution in [2.45, 2.75) is 37.3 Å². The minimum absolute atomic E-state index is 0.0224. The van der Waals surface area contributed by atoms with E-state index in [2.05, 4.69) is 29.2 Å². The number of likely N-dealkylation sites (N-methyl/N-ethyl adjacent to an activating group) is 1. The van der Waals surface area contributed by atoms with Crippen LogP contribution < -0.4 is 5.32 Å². The van der Waals surface area contributed by atoms with Gasteiger partial charge < -0.3 is 20.2 Å². The summed E-state index contributed by atoms with van der Waals surface area (Å²) in [7, 11) is 6.45. The second kappa shape index (κ2) is 5.87. The van der Waals surface area contributed by atoms with Gasteiger partial charge in [0.2, 0.25) is 0 Å². The van der Waals surface area contributed by atoms with Gasteiger partial charge in [0.15, 0.2) is 0 Å². The number of hydrogen-bond acceptors (Lipinski definition) is 4. The zero-order valence-electron chi connectivity index (χ0n) is 12.2. The molecule has 4 heteroatoms. The Balaban J connectivity index is 1.82. The lowest BCUT2D eigenvalue weighted by molar-refractivity contribution is 0.152. The SMILES string of the molecule is CNC1(CO)CCC(N(C)CC2CCN(C)C2)C1. The van der Waals surface area contributed by atoms with E-state index in [9.17, 15) is 5.11 Å². The molecule has 4 nitrogen and oxygen atoms in total. The van der Waals surface area contributed by atoms with Crippen molar-refractivity contribution in [2.24, 2.45) is 5.92 Å². The van der Waals surface area contributed by atoms with Crippen LogP contribution in [0.1, 0.15) is 25.7 Å². The molecule has 0 aromatic heterocycles. The van der Waals surface area contributed by atoms with Gasteiger partial charge in [0.25, 0.3) is 0 Å². The lowest BCUT2D eigenvalue weighted by Crippen LogP contribution is -2.46. The van der Waals surface area contributed by atoms with Gasteiger partial charge in [-0.05, 0) is 59.3 Å². The molecule has 2 aliphatic rings. The normalized spacial score (nSPS) is 37.8. The molecule has 0 radical (unpaired) electrons. The molecule has 0 aromatic rings. The summed E-state index contributed by atoms with van der Waals surface area (Å²) in [6.45, 7) is 3.97. The van der Waals surface area contributed by atoms with E-state index in [0.717, 1.165) is 18.8 Å². The highest BCUT2D eigenvalue weighted by Gasteiger charge is 2.39. The van der Waals surface area contributed by atoms with Crippen LogP contribution >= 0.6 is 0 Å². The number of likely N-dealkylation sites (tertiary alicyclic amines) is 1. The van der Waals surface area contributed by atoms with Crippen molar-refractivity contribution in [3.05, 3.63) is 0 Å². The second-order valence-electron chi connectivity index (χ2n) is 6.44. The molecule has 1 heterocycles. The van der Waals surface area contributed by atoms with Crippen LogP contribution in [0.2, 0.25) is 0 Å². The van der Waals surface area contributed by atoms with Gasteiger partial charge in [0.1, 0.15) is 0 Å². The molecular weight excluding hydrogens is 226 g/mol. The molecule has 2 N–H and O–H groups in total. The highest BCUT2D eigenvalue weighted by Crippen LogP contribution is 2.32. The van der Waals surface area contributed by atoms with Gasteiger partial charge in [0, 0.05) is 24.7 Å². The molecule has 1 aliphatic carbocycles. The third-order valence-corrected chi connectivity index (χ3v) is 5.07. The van der Waals surface area contributed by atoms with Crippen LogP contribution in [0.25, 0.3) is 0 Å². The Hall–Kier alpha value is -0.160. The van der Waals surface area contributed by atoms with Crippen LogP contribution in [-0.2, 0) is 0 Å². The summed E-state index contributed by atoms with van der Waals surface area (Å²) in [5.74, 6) is 0.832. The monoisotopic (exact) mass is 255 g/mol. The average molecular weight is 255 g/mol.